The van der Waals surface area contributed by atoms with Crippen molar-refractivity contribution in [2.75, 3.05) is 18.8 Å². The lowest BCUT2D eigenvalue weighted by Crippen LogP contribution is -2.34. The standard InChI is InChI=1S/C9H19NS/c1-2-10(7-8-11)9-5-3-4-6-9/h9,11H,2-8H2,1H3. The average Bonchev–Trinajstić information content (AvgIpc) is 2.52. The molecule has 11 heavy (non-hydrogen) atoms. The van der Waals surface area contributed by atoms with Gasteiger partial charge in [0.15, 0.2) is 0 Å². The molecule has 0 aliphatic heterocycles. The molecule has 0 bridgehead atoms. The van der Waals surface area contributed by atoms with Crippen molar-refractivity contribution in [2.45, 2.75) is 38.6 Å². The molecule has 0 aromatic carbocycles. The molecule has 1 nitrogen and oxygen atoms in total. The summed E-state index contributed by atoms with van der Waals surface area (Å²) >= 11 is 4.26. The third-order valence-electron chi connectivity index (χ3n) is 2.63. The van der Waals surface area contributed by atoms with Crippen molar-refractivity contribution in [3.8, 4) is 0 Å². The smallest absolute Gasteiger partial charge is 0.00954 e. The Hall–Kier alpha value is 0.310. The van der Waals surface area contributed by atoms with Gasteiger partial charge in [-0.05, 0) is 19.4 Å². The van der Waals surface area contributed by atoms with E-state index in [0.717, 1.165) is 11.8 Å². The quantitative estimate of drug-likeness (QED) is 0.638. The molecule has 0 aromatic heterocycles. The van der Waals surface area contributed by atoms with Crippen LogP contribution in [0.4, 0.5) is 0 Å². The SMILES string of the molecule is CCN(CCS)C1CCCC1. The van der Waals surface area contributed by atoms with E-state index in [-0.39, 0.29) is 0 Å². The molecule has 0 atom stereocenters. The molecule has 0 heterocycles. The number of hydrogen-bond acceptors (Lipinski definition) is 2. The molecule has 1 fully saturated rings. The lowest BCUT2D eigenvalue weighted by molar-refractivity contribution is 0.222. The Kier molecular flexibility index (Phi) is 4.31. The normalized spacial score (nSPS) is 19.9. The summed E-state index contributed by atoms with van der Waals surface area (Å²) in [6.07, 6.45) is 5.71. The highest BCUT2D eigenvalue weighted by atomic mass is 32.1. The van der Waals surface area contributed by atoms with Crippen molar-refractivity contribution in [3.05, 3.63) is 0 Å². The minimum absolute atomic E-state index is 0.882. The van der Waals surface area contributed by atoms with E-state index in [2.05, 4.69) is 24.5 Å². The summed E-state index contributed by atoms with van der Waals surface area (Å²) in [6, 6.07) is 0.882. The van der Waals surface area contributed by atoms with Gasteiger partial charge in [-0.25, -0.2) is 0 Å². The predicted molar refractivity (Wildman–Crippen MR) is 53.4 cm³/mol. The van der Waals surface area contributed by atoms with E-state index < -0.39 is 0 Å². The molecule has 2 heteroatoms. The summed E-state index contributed by atoms with van der Waals surface area (Å²) < 4.78 is 0. The maximum absolute atomic E-state index is 4.26. The zero-order valence-electron chi connectivity index (χ0n) is 7.42. The van der Waals surface area contributed by atoms with Gasteiger partial charge in [0.25, 0.3) is 0 Å². The van der Waals surface area contributed by atoms with Crippen LogP contribution in [0.5, 0.6) is 0 Å². The van der Waals surface area contributed by atoms with Crippen LogP contribution in [0.25, 0.3) is 0 Å². The highest BCUT2D eigenvalue weighted by Crippen LogP contribution is 2.22. The molecule has 0 saturated heterocycles. The molecule has 0 amide bonds. The molecule has 0 aromatic rings. The first-order chi connectivity index (χ1) is 5.38. The minimum Gasteiger partial charge on any atom is -0.300 e. The van der Waals surface area contributed by atoms with E-state index in [4.69, 9.17) is 0 Å². The van der Waals surface area contributed by atoms with E-state index in [1.807, 2.05) is 0 Å². The molecular formula is C9H19NS. The van der Waals surface area contributed by atoms with E-state index in [9.17, 15) is 0 Å². The Morgan fingerprint density at radius 3 is 2.45 bits per heavy atom. The van der Waals surface area contributed by atoms with Gasteiger partial charge in [0.2, 0.25) is 0 Å². The molecule has 66 valence electrons. The van der Waals surface area contributed by atoms with Crippen LogP contribution in [0.1, 0.15) is 32.6 Å². The summed E-state index contributed by atoms with van der Waals surface area (Å²) in [7, 11) is 0. The molecule has 0 unspecified atom stereocenters. The van der Waals surface area contributed by atoms with E-state index in [1.165, 1.54) is 38.8 Å². The summed E-state index contributed by atoms with van der Waals surface area (Å²) in [4.78, 5) is 2.57. The van der Waals surface area contributed by atoms with Crippen LogP contribution < -0.4 is 0 Å². The first-order valence-corrected chi connectivity index (χ1v) is 5.36. The van der Waals surface area contributed by atoms with Crippen molar-refractivity contribution in [1.82, 2.24) is 4.90 Å². The maximum atomic E-state index is 4.26. The molecule has 0 spiro atoms. The van der Waals surface area contributed by atoms with Gasteiger partial charge in [0.1, 0.15) is 0 Å². The Morgan fingerprint density at radius 2 is 2.00 bits per heavy atom. The van der Waals surface area contributed by atoms with Crippen molar-refractivity contribution in [3.63, 3.8) is 0 Å². The molecule has 1 aliphatic carbocycles. The Bertz CT molecular complexity index is 99.7. The fraction of sp³-hybridized carbons (Fsp3) is 1.00. The second-order valence-corrected chi connectivity index (χ2v) is 3.74. The third-order valence-corrected chi connectivity index (χ3v) is 2.83. The first-order valence-electron chi connectivity index (χ1n) is 4.73. The van der Waals surface area contributed by atoms with Gasteiger partial charge in [-0.3, -0.25) is 4.90 Å². The van der Waals surface area contributed by atoms with Crippen molar-refractivity contribution in [1.29, 1.82) is 0 Å². The van der Waals surface area contributed by atoms with E-state index in [1.54, 1.807) is 0 Å². The first kappa shape index (κ1) is 9.40. The van der Waals surface area contributed by atoms with Crippen molar-refractivity contribution in [2.24, 2.45) is 0 Å². The van der Waals surface area contributed by atoms with Crippen LogP contribution in [0, 0.1) is 0 Å². The summed E-state index contributed by atoms with van der Waals surface area (Å²) in [5.41, 5.74) is 0. The maximum Gasteiger partial charge on any atom is 0.00954 e. The number of hydrogen-bond donors (Lipinski definition) is 1. The molecule has 1 rings (SSSR count). The number of rotatable bonds is 4. The average molecular weight is 173 g/mol. The van der Waals surface area contributed by atoms with E-state index in [0.29, 0.717) is 0 Å². The molecule has 1 saturated carbocycles. The highest BCUT2D eigenvalue weighted by Gasteiger charge is 2.19. The fourth-order valence-corrected chi connectivity index (χ4v) is 2.25. The Balaban J connectivity index is 2.27. The van der Waals surface area contributed by atoms with Crippen molar-refractivity contribution < 1.29 is 0 Å². The van der Waals surface area contributed by atoms with Crippen LogP contribution in [-0.4, -0.2) is 29.8 Å². The second kappa shape index (κ2) is 5.04. The Morgan fingerprint density at radius 1 is 1.36 bits per heavy atom. The lowest BCUT2D eigenvalue weighted by Gasteiger charge is -2.26. The number of thiol groups is 1. The lowest BCUT2D eigenvalue weighted by atomic mass is 10.2. The molecule has 0 N–H and O–H groups in total. The van der Waals surface area contributed by atoms with Gasteiger partial charge < -0.3 is 0 Å². The van der Waals surface area contributed by atoms with Gasteiger partial charge in [0.05, 0.1) is 0 Å². The highest BCUT2D eigenvalue weighted by molar-refractivity contribution is 7.80. The van der Waals surface area contributed by atoms with Gasteiger partial charge >= 0.3 is 0 Å². The Labute approximate surface area is 75.6 Å². The van der Waals surface area contributed by atoms with Crippen LogP contribution >= 0.6 is 12.6 Å². The largest absolute Gasteiger partial charge is 0.300 e. The topological polar surface area (TPSA) is 3.24 Å². The van der Waals surface area contributed by atoms with Gasteiger partial charge in [0, 0.05) is 18.3 Å². The van der Waals surface area contributed by atoms with Gasteiger partial charge in [-0.15, -0.1) is 0 Å². The van der Waals surface area contributed by atoms with Crippen LogP contribution in [0.15, 0.2) is 0 Å². The minimum atomic E-state index is 0.882. The van der Waals surface area contributed by atoms with Gasteiger partial charge in [-0.2, -0.15) is 12.6 Å². The third kappa shape index (κ3) is 2.68. The van der Waals surface area contributed by atoms with Crippen molar-refractivity contribution >= 4 is 12.6 Å². The zero-order chi connectivity index (χ0) is 8.10. The van der Waals surface area contributed by atoms with Crippen LogP contribution in [0.3, 0.4) is 0 Å². The molecular weight excluding hydrogens is 154 g/mol. The fourth-order valence-electron chi connectivity index (χ4n) is 2.00. The summed E-state index contributed by atoms with van der Waals surface area (Å²) in [6.45, 7) is 4.62. The molecule has 0 radical (unpaired) electrons. The van der Waals surface area contributed by atoms with Crippen LogP contribution in [0.2, 0.25) is 0 Å². The summed E-state index contributed by atoms with van der Waals surface area (Å²) in [5.74, 6) is 1.00. The van der Waals surface area contributed by atoms with Crippen LogP contribution in [-0.2, 0) is 0 Å². The zero-order valence-corrected chi connectivity index (χ0v) is 8.32. The van der Waals surface area contributed by atoms with E-state index >= 15 is 0 Å². The second-order valence-electron chi connectivity index (χ2n) is 3.29. The molecule has 1 aliphatic rings. The van der Waals surface area contributed by atoms with Gasteiger partial charge in [-0.1, -0.05) is 19.8 Å². The predicted octanol–water partition coefficient (Wildman–Crippen LogP) is 2.18. The summed E-state index contributed by atoms with van der Waals surface area (Å²) in [5, 5.41) is 0. The number of nitrogens with zero attached hydrogens (tertiary/aromatic N) is 1. The monoisotopic (exact) mass is 173 g/mol.